The topological polar surface area (TPSA) is 77.4 Å². The van der Waals surface area contributed by atoms with Gasteiger partial charge in [0.15, 0.2) is 0 Å². The predicted molar refractivity (Wildman–Crippen MR) is 218 cm³/mol. The second-order valence-electron chi connectivity index (χ2n) is 15.0. The van der Waals surface area contributed by atoms with Gasteiger partial charge in [-0.3, -0.25) is 4.79 Å². The standard InChI is InChI=1S/2C22H44O2.2Ag.BrH/c2*1-2-3-4-5-6-7-8-9-10-11-12-13-14-15-16-17-18-19-20-21-22(23)24;;;/h2*2-21H2,1H3,(H,23,24);;;1H/q;;2*+1;/p-2. The molecule has 0 aliphatic carbocycles. The summed E-state index contributed by atoms with van der Waals surface area (Å²) in [7, 11) is 0. The van der Waals surface area contributed by atoms with Crippen LogP contribution in [0.5, 0.6) is 0 Å². The molecule has 7 heteroatoms. The van der Waals surface area contributed by atoms with Crippen LogP contribution in [0.2, 0.25) is 0 Å². The van der Waals surface area contributed by atoms with Crippen LogP contribution in [0.25, 0.3) is 0 Å². The van der Waals surface area contributed by atoms with E-state index >= 15 is 0 Å². The first kappa shape index (κ1) is 58.6. The molecular formula is C44H87Ag2BrO4. The fourth-order valence-corrected chi connectivity index (χ4v) is 6.70. The van der Waals surface area contributed by atoms with Crippen molar-refractivity contribution < 1.29 is 61.1 Å². The minimum atomic E-state index is -0.901. The average molecular weight is 976 g/mol. The zero-order valence-corrected chi connectivity index (χ0v) is 38.5. The Hall–Kier alpha value is 0.901. The van der Waals surface area contributed by atoms with Crippen molar-refractivity contribution in [3.05, 3.63) is 0 Å². The summed E-state index contributed by atoms with van der Waals surface area (Å²) in [5.41, 5.74) is 0. The molecular weight excluding hydrogens is 888 g/mol. The van der Waals surface area contributed by atoms with Crippen LogP contribution >= 0.6 is 13.0 Å². The number of carbonyl (C=O) groups is 2. The molecule has 0 saturated carbocycles. The first-order valence-electron chi connectivity index (χ1n) is 22.1. The molecule has 1 N–H and O–H groups in total. The SMILES string of the molecule is CCCCCCCCCCCCCCCCCCCCCC(=O)O.CCCCCCCCCCCCCCCCCCCCCC(=O)[O-].[Ag+].[Br][Ag]. The number of rotatable bonds is 40. The molecule has 0 aromatic rings. The number of carboxylic acid groups (broad SMARTS) is 2. The van der Waals surface area contributed by atoms with Crippen molar-refractivity contribution in [2.24, 2.45) is 0 Å². The van der Waals surface area contributed by atoms with E-state index in [0.717, 1.165) is 25.7 Å². The summed E-state index contributed by atoms with van der Waals surface area (Å²) in [5.74, 6) is -1.55. The van der Waals surface area contributed by atoms with Gasteiger partial charge in [0.2, 0.25) is 0 Å². The Balaban J connectivity index is -0.000000405. The predicted octanol–water partition coefficient (Wildman–Crippen LogP) is 15.3. The molecule has 0 saturated heterocycles. The Kier molecular flexibility index (Phi) is 66.2. The zero-order valence-electron chi connectivity index (χ0n) is 33.9. The van der Waals surface area contributed by atoms with Gasteiger partial charge in [-0.2, -0.15) is 0 Å². The summed E-state index contributed by atoms with van der Waals surface area (Å²) in [4.78, 5) is 20.7. The number of carbonyl (C=O) groups excluding carboxylic acids is 1. The van der Waals surface area contributed by atoms with Gasteiger partial charge in [-0.05, 0) is 19.3 Å². The molecule has 0 aromatic carbocycles. The molecule has 0 radical (unpaired) electrons. The van der Waals surface area contributed by atoms with Crippen molar-refractivity contribution in [2.75, 3.05) is 0 Å². The van der Waals surface area contributed by atoms with Crippen molar-refractivity contribution in [3.63, 3.8) is 0 Å². The maximum absolute atomic E-state index is 10.4. The summed E-state index contributed by atoms with van der Waals surface area (Å²) in [6.07, 6.45) is 51.8. The second kappa shape index (κ2) is 57.6. The summed E-state index contributed by atoms with van der Waals surface area (Å²) >= 11 is 5.51. The molecule has 51 heavy (non-hydrogen) atoms. The summed E-state index contributed by atoms with van der Waals surface area (Å²) < 4.78 is 0. The molecule has 316 valence electrons. The van der Waals surface area contributed by atoms with Crippen LogP contribution in [-0.2, 0) is 50.9 Å². The number of carboxylic acids is 2. The van der Waals surface area contributed by atoms with Gasteiger partial charge < -0.3 is 15.0 Å². The number of hydrogen-bond donors (Lipinski definition) is 1. The Morgan fingerprint density at radius 1 is 0.373 bits per heavy atom. The molecule has 0 aliphatic heterocycles. The van der Waals surface area contributed by atoms with Crippen molar-refractivity contribution in [2.45, 2.75) is 271 Å². The molecule has 0 heterocycles. The van der Waals surface area contributed by atoms with Gasteiger partial charge in [0.05, 0.1) is 0 Å². The zero-order chi connectivity index (χ0) is 37.4. The van der Waals surface area contributed by atoms with Crippen molar-refractivity contribution >= 4 is 25.0 Å². The van der Waals surface area contributed by atoms with E-state index < -0.39 is 11.9 Å². The summed E-state index contributed by atoms with van der Waals surface area (Å²) in [6, 6.07) is 0. The third-order valence-electron chi connectivity index (χ3n) is 9.98. The van der Waals surface area contributed by atoms with Crippen LogP contribution in [0.4, 0.5) is 0 Å². The number of unbranched alkanes of at least 4 members (excludes halogenated alkanes) is 36. The molecule has 0 aliphatic rings. The van der Waals surface area contributed by atoms with E-state index in [4.69, 9.17) is 5.11 Å². The number of hydrogen-bond acceptors (Lipinski definition) is 3. The minimum absolute atomic E-state index is 0. The van der Waals surface area contributed by atoms with E-state index in [-0.39, 0.29) is 28.8 Å². The van der Waals surface area contributed by atoms with Gasteiger partial charge in [0.25, 0.3) is 0 Å². The quantitative estimate of drug-likeness (QED) is 0.0490. The van der Waals surface area contributed by atoms with Crippen molar-refractivity contribution in [1.29, 1.82) is 0 Å². The third kappa shape index (κ3) is 66.1. The van der Waals surface area contributed by atoms with E-state index in [1.54, 1.807) is 0 Å². The molecule has 0 amide bonds. The molecule has 0 rings (SSSR count). The third-order valence-corrected chi connectivity index (χ3v) is 9.98. The van der Waals surface area contributed by atoms with E-state index in [1.807, 2.05) is 0 Å². The molecule has 0 aromatic heterocycles. The van der Waals surface area contributed by atoms with Gasteiger partial charge >= 0.3 is 60.3 Å². The van der Waals surface area contributed by atoms with Gasteiger partial charge in [0.1, 0.15) is 0 Å². The molecule has 4 nitrogen and oxygen atoms in total. The Morgan fingerprint density at radius 3 is 0.686 bits per heavy atom. The van der Waals surface area contributed by atoms with Crippen LogP contribution in [-0.4, -0.2) is 17.0 Å². The van der Waals surface area contributed by atoms with Crippen molar-refractivity contribution in [3.8, 4) is 0 Å². The molecule has 0 spiro atoms. The van der Waals surface area contributed by atoms with E-state index in [9.17, 15) is 14.7 Å². The Labute approximate surface area is 354 Å². The number of halogens is 1. The van der Waals surface area contributed by atoms with E-state index in [2.05, 4.69) is 45.8 Å². The fraction of sp³-hybridized carbons (Fsp3) is 0.955. The Morgan fingerprint density at radius 2 is 0.529 bits per heavy atom. The summed E-state index contributed by atoms with van der Waals surface area (Å²) in [5, 5.41) is 18.8. The first-order chi connectivity index (χ1) is 24.5. The number of aliphatic carboxylic acids is 2. The summed E-state index contributed by atoms with van der Waals surface area (Å²) in [6.45, 7) is 4.56. The van der Waals surface area contributed by atoms with Crippen LogP contribution < -0.4 is 5.11 Å². The van der Waals surface area contributed by atoms with Crippen LogP contribution in [0.15, 0.2) is 0 Å². The normalized spacial score (nSPS) is 10.5. The molecule has 0 bridgehead atoms. The first-order valence-corrected chi connectivity index (χ1v) is 25.5. The van der Waals surface area contributed by atoms with Gasteiger partial charge in [-0.25, -0.2) is 0 Å². The van der Waals surface area contributed by atoms with Crippen LogP contribution in [0, 0.1) is 0 Å². The van der Waals surface area contributed by atoms with Crippen LogP contribution in [0.1, 0.15) is 271 Å². The van der Waals surface area contributed by atoms with Crippen molar-refractivity contribution in [1.82, 2.24) is 0 Å². The average Bonchev–Trinajstić information content (AvgIpc) is 3.11. The monoisotopic (exact) mass is 972 g/mol. The van der Waals surface area contributed by atoms with Gasteiger partial charge in [-0.15, -0.1) is 0 Å². The fourth-order valence-electron chi connectivity index (χ4n) is 6.70. The van der Waals surface area contributed by atoms with Gasteiger partial charge in [0, 0.05) is 12.4 Å². The molecule has 0 fully saturated rings. The second-order valence-corrected chi connectivity index (χ2v) is 15.0. The van der Waals surface area contributed by atoms with Gasteiger partial charge in [-0.1, -0.05) is 245 Å². The van der Waals surface area contributed by atoms with Crippen LogP contribution in [0.3, 0.4) is 0 Å². The van der Waals surface area contributed by atoms with E-state index in [1.165, 1.54) is 218 Å². The molecule has 0 atom stereocenters. The van der Waals surface area contributed by atoms with E-state index in [0.29, 0.717) is 6.42 Å². The maximum atomic E-state index is 10.4. The molecule has 0 unspecified atom stereocenters. The Bertz CT molecular complexity index is 572.